The lowest BCUT2D eigenvalue weighted by molar-refractivity contribution is -0.133. The maximum Gasteiger partial charge on any atom is 0.240 e. The van der Waals surface area contributed by atoms with Crippen LogP contribution >= 0.6 is 0 Å². The van der Waals surface area contributed by atoms with Crippen LogP contribution < -0.4 is 5.32 Å². The number of imidazole rings is 1. The minimum atomic E-state index is -0.138. The average Bonchev–Trinajstić information content (AvgIpc) is 3.12. The molecule has 96 valence electrons. The number of aromatic nitrogens is 2. The smallest absolute Gasteiger partial charge is 0.240 e. The molecule has 3 rings (SSSR count). The fourth-order valence-corrected chi connectivity index (χ4v) is 2.49. The summed E-state index contributed by atoms with van der Waals surface area (Å²) < 4.78 is 0. The Kier molecular flexibility index (Phi) is 2.91. The van der Waals surface area contributed by atoms with Crippen LogP contribution in [-0.4, -0.2) is 39.4 Å². The van der Waals surface area contributed by atoms with Crippen molar-refractivity contribution in [1.82, 2.24) is 20.2 Å². The Hall–Kier alpha value is -1.62. The van der Waals surface area contributed by atoms with Crippen LogP contribution in [0, 0.1) is 0 Å². The highest BCUT2D eigenvalue weighted by molar-refractivity contribution is 5.83. The van der Waals surface area contributed by atoms with Crippen LogP contribution in [-0.2, 0) is 17.8 Å². The molecule has 2 aliphatic rings. The average molecular weight is 246 g/mol. The molecule has 0 saturated heterocycles. The summed E-state index contributed by atoms with van der Waals surface area (Å²) in [6, 6.07) is 0.291. The van der Waals surface area contributed by atoms with Gasteiger partial charge in [0.25, 0.3) is 0 Å². The summed E-state index contributed by atoms with van der Waals surface area (Å²) in [7, 11) is 0. The van der Waals surface area contributed by atoms with E-state index in [4.69, 9.17) is 0 Å². The highest BCUT2D eigenvalue weighted by Crippen LogP contribution is 2.28. The maximum absolute atomic E-state index is 12.5. The van der Waals surface area contributed by atoms with Crippen molar-refractivity contribution < 1.29 is 4.79 Å². The van der Waals surface area contributed by atoms with E-state index in [1.54, 1.807) is 12.4 Å². The van der Waals surface area contributed by atoms with Crippen LogP contribution in [0.25, 0.3) is 0 Å². The number of carbonyl (C=O) groups excluding carboxylic acids is 1. The van der Waals surface area contributed by atoms with Crippen LogP contribution in [0.1, 0.15) is 24.2 Å². The second-order valence-electron chi connectivity index (χ2n) is 4.98. The lowest BCUT2D eigenvalue weighted by Crippen LogP contribution is -2.50. The first kappa shape index (κ1) is 11.5. The Balaban J connectivity index is 1.71. The van der Waals surface area contributed by atoms with Crippen molar-refractivity contribution in [3.63, 3.8) is 0 Å². The topological polar surface area (TPSA) is 61.0 Å². The Labute approximate surface area is 106 Å². The highest BCUT2D eigenvalue weighted by Gasteiger charge is 2.36. The quantitative estimate of drug-likeness (QED) is 0.765. The highest BCUT2D eigenvalue weighted by atomic mass is 16.2. The molecular weight excluding hydrogens is 228 g/mol. The van der Waals surface area contributed by atoms with Gasteiger partial charge in [-0.2, -0.15) is 0 Å². The number of hydrogen-bond acceptors (Lipinski definition) is 3. The summed E-state index contributed by atoms with van der Waals surface area (Å²) in [5.41, 5.74) is 2.11. The van der Waals surface area contributed by atoms with E-state index in [0.29, 0.717) is 25.6 Å². The van der Waals surface area contributed by atoms with Crippen molar-refractivity contribution in [2.45, 2.75) is 37.9 Å². The minimum Gasteiger partial charge on any atom is -0.347 e. The second kappa shape index (κ2) is 4.57. The van der Waals surface area contributed by atoms with E-state index in [-0.39, 0.29) is 11.9 Å². The third kappa shape index (κ3) is 2.06. The molecule has 18 heavy (non-hydrogen) atoms. The molecule has 1 amide bonds. The molecule has 1 atom stereocenters. The van der Waals surface area contributed by atoms with Gasteiger partial charge in [0.05, 0.1) is 23.8 Å². The molecule has 5 nitrogen and oxygen atoms in total. The first-order chi connectivity index (χ1) is 8.79. The summed E-state index contributed by atoms with van der Waals surface area (Å²) in [4.78, 5) is 21.8. The van der Waals surface area contributed by atoms with Gasteiger partial charge in [-0.3, -0.25) is 10.1 Å². The monoisotopic (exact) mass is 246 g/mol. The number of carbonyl (C=O) groups is 1. The zero-order valence-electron chi connectivity index (χ0n) is 10.4. The van der Waals surface area contributed by atoms with Crippen molar-refractivity contribution in [3.05, 3.63) is 30.4 Å². The van der Waals surface area contributed by atoms with Crippen molar-refractivity contribution >= 4 is 5.91 Å². The summed E-state index contributed by atoms with van der Waals surface area (Å²) in [6.07, 6.45) is 6.43. The van der Waals surface area contributed by atoms with E-state index >= 15 is 0 Å². The van der Waals surface area contributed by atoms with Crippen molar-refractivity contribution in [2.75, 3.05) is 6.54 Å². The van der Waals surface area contributed by atoms with Gasteiger partial charge in [-0.15, -0.1) is 6.58 Å². The van der Waals surface area contributed by atoms with Gasteiger partial charge in [0.2, 0.25) is 5.91 Å². The fourth-order valence-electron chi connectivity index (χ4n) is 2.49. The van der Waals surface area contributed by atoms with Crippen molar-refractivity contribution in [3.8, 4) is 0 Å². The van der Waals surface area contributed by atoms with Crippen LogP contribution in [0.3, 0.4) is 0 Å². The van der Waals surface area contributed by atoms with Gasteiger partial charge in [0.15, 0.2) is 0 Å². The van der Waals surface area contributed by atoms with Crippen LogP contribution in [0.15, 0.2) is 19.0 Å². The van der Waals surface area contributed by atoms with Crippen molar-refractivity contribution in [2.24, 2.45) is 0 Å². The number of nitrogens with zero attached hydrogens (tertiary/aromatic N) is 2. The number of hydrogen-bond donors (Lipinski definition) is 2. The molecule has 1 aromatic rings. The Morgan fingerprint density at radius 1 is 1.61 bits per heavy atom. The van der Waals surface area contributed by atoms with Crippen LogP contribution in [0.4, 0.5) is 0 Å². The van der Waals surface area contributed by atoms with E-state index < -0.39 is 0 Å². The standard InChI is InChI=1S/C13H18N4O/c1-2-5-17(9-3-4-9)13(18)11-6-10-12(7-14-11)16-8-15-10/h2,8-9,11,14H,1,3-7H2,(H,15,16). The van der Waals surface area contributed by atoms with Gasteiger partial charge in [-0.1, -0.05) is 6.08 Å². The van der Waals surface area contributed by atoms with E-state index in [1.807, 2.05) is 4.90 Å². The molecule has 1 unspecified atom stereocenters. The first-order valence-electron chi connectivity index (χ1n) is 6.45. The predicted octanol–water partition coefficient (Wildman–Crippen LogP) is 0.601. The number of rotatable bonds is 4. The number of fused-ring (bicyclic) bond motifs is 1. The third-order valence-electron chi connectivity index (χ3n) is 3.62. The number of amides is 1. The Morgan fingerprint density at radius 2 is 2.44 bits per heavy atom. The van der Waals surface area contributed by atoms with Gasteiger partial charge in [0.1, 0.15) is 0 Å². The van der Waals surface area contributed by atoms with E-state index in [1.165, 1.54) is 0 Å². The van der Waals surface area contributed by atoms with Gasteiger partial charge >= 0.3 is 0 Å². The molecule has 1 aliphatic heterocycles. The normalized spacial score (nSPS) is 22.3. The molecule has 5 heteroatoms. The third-order valence-corrected chi connectivity index (χ3v) is 3.62. The van der Waals surface area contributed by atoms with Crippen LogP contribution in [0.2, 0.25) is 0 Å². The molecule has 1 aliphatic carbocycles. The van der Waals surface area contributed by atoms with Gasteiger partial charge in [-0.25, -0.2) is 4.98 Å². The van der Waals surface area contributed by atoms with Gasteiger partial charge < -0.3 is 9.88 Å². The zero-order valence-corrected chi connectivity index (χ0v) is 10.4. The fraction of sp³-hybridized carbons (Fsp3) is 0.538. The molecule has 0 radical (unpaired) electrons. The summed E-state index contributed by atoms with van der Waals surface area (Å²) in [5, 5.41) is 3.29. The van der Waals surface area contributed by atoms with E-state index in [2.05, 4.69) is 21.9 Å². The molecule has 1 fully saturated rings. The summed E-state index contributed by atoms with van der Waals surface area (Å²) in [6.45, 7) is 5.07. The summed E-state index contributed by atoms with van der Waals surface area (Å²) in [5.74, 6) is 0.186. The Morgan fingerprint density at radius 3 is 3.17 bits per heavy atom. The SMILES string of the molecule is C=CCN(C(=O)C1Cc2nc[nH]c2CN1)C1CC1. The zero-order chi connectivity index (χ0) is 12.5. The first-order valence-corrected chi connectivity index (χ1v) is 6.45. The molecule has 1 saturated carbocycles. The molecule has 2 N–H and O–H groups in total. The molecule has 0 bridgehead atoms. The lowest BCUT2D eigenvalue weighted by Gasteiger charge is -2.29. The predicted molar refractivity (Wildman–Crippen MR) is 67.9 cm³/mol. The Bertz CT molecular complexity index is 463. The molecular formula is C13H18N4O. The lowest BCUT2D eigenvalue weighted by atomic mass is 10.0. The van der Waals surface area contributed by atoms with E-state index in [9.17, 15) is 4.79 Å². The summed E-state index contributed by atoms with van der Waals surface area (Å²) >= 11 is 0. The number of nitrogens with one attached hydrogen (secondary N) is 2. The molecule has 2 heterocycles. The molecule has 0 aromatic carbocycles. The molecule has 0 spiro atoms. The van der Waals surface area contributed by atoms with Crippen molar-refractivity contribution in [1.29, 1.82) is 0 Å². The number of H-pyrrole nitrogens is 1. The largest absolute Gasteiger partial charge is 0.347 e. The van der Waals surface area contributed by atoms with Gasteiger partial charge in [-0.05, 0) is 12.8 Å². The van der Waals surface area contributed by atoms with E-state index in [0.717, 1.165) is 24.2 Å². The molecule has 1 aromatic heterocycles. The number of aromatic amines is 1. The van der Waals surface area contributed by atoms with Gasteiger partial charge in [0, 0.05) is 25.6 Å². The second-order valence-corrected chi connectivity index (χ2v) is 4.98. The minimum absolute atomic E-state index is 0.138. The van der Waals surface area contributed by atoms with Crippen LogP contribution in [0.5, 0.6) is 0 Å². The maximum atomic E-state index is 12.5.